The van der Waals surface area contributed by atoms with Crippen molar-refractivity contribution in [1.82, 2.24) is 20.5 Å². The predicted octanol–water partition coefficient (Wildman–Crippen LogP) is 2.37. The highest BCUT2D eigenvalue weighted by Crippen LogP contribution is 2.13. The quantitative estimate of drug-likeness (QED) is 0.734. The maximum atomic E-state index is 11.9. The number of H-pyrrole nitrogens is 1. The molecule has 1 amide bonds. The van der Waals surface area contributed by atoms with Crippen LogP contribution in [0.5, 0.6) is 0 Å². The molecule has 23 heavy (non-hydrogen) atoms. The number of carbonyl (C=O) groups is 1. The minimum atomic E-state index is 0.0130. The Hall–Kier alpha value is -2.95. The zero-order valence-corrected chi connectivity index (χ0v) is 12.7. The SMILES string of the molecule is O=C(Cc1ccccc1)NCCc1nc(-c2ccccc2)n[nH]1. The van der Waals surface area contributed by atoms with Gasteiger partial charge in [-0.3, -0.25) is 9.89 Å². The number of rotatable bonds is 6. The molecule has 5 heteroatoms. The van der Waals surface area contributed by atoms with Crippen LogP contribution in [-0.2, 0) is 17.6 Å². The van der Waals surface area contributed by atoms with Gasteiger partial charge in [0.2, 0.25) is 5.91 Å². The maximum absolute atomic E-state index is 11.9. The molecule has 0 aliphatic carbocycles. The van der Waals surface area contributed by atoms with Crippen LogP contribution >= 0.6 is 0 Å². The number of carbonyl (C=O) groups excluding carboxylic acids is 1. The smallest absolute Gasteiger partial charge is 0.224 e. The van der Waals surface area contributed by atoms with Crippen molar-refractivity contribution in [3.8, 4) is 11.4 Å². The van der Waals surface area contributed by atoms with Crippen molar-refractivity contribution in [2.24, 2.45) is 0 Å². The summed E-state index contributed by atoms with van der Waals surface area (Å²) in [6.07, 6.45) is 1.02. The number of aromatic amines is 1. The van der Waals surface area contributed by atoms with Crippen LogP contribution in [0.3, 0.4) is 0 Å². The Morgan fingerprint density at radius 1 is 1.00 bits per heavy atom. The predicted molar refractivity (Wildman–Crippen MR) is 88.7 cm³/mol. The highest BCUT2D eigenvalue weighted by Gasteiger charge is 2.06. The van der Waals surface area contributed by atoms with Gasteiger partial charge in [0.15, 0.2) is 5.82 Å². The van der Waals surface area contributed by atoms with Crippen molar-refractivity contribution < 1.29 is 4.79 Å². The van der Waals surface area contributed by atoms with Crippen molar-refractivity contribution in [1.29, 1.82) is 0 Å². The third kappa shape index (κ3) is 4.26. The first-order valence-electron chi connectivity index (χ1n) is 7.58. The van der Waals surface area contributed by atoms with E-state index in [0.717, 1.165) is 17.0 Å². The molecule has 0 bridgehead atoms. The molecule has 0 radical (unpaired) electrons. The summed E-state index contributed by atoms with van der Waals surface area (Å²) in [5.74, 6) is 1.46. The number of nitrogens with zero attached hydrogens (tertiary/aromatic N) is 2. The lowest BCUT2D eigenvalue weighted by atomic mass is 10.1. The normalized spacial score (nSPS) is 10.4. The van der Waals surface area contributed by atoms with Gasteiger partial charge in [0.05, 0.1) is 6.42 Å². The summed E-state index contributed by atoms with van der Waals surface area (Å²) in [7, 11) is 0. The van der Waals surface area contributed by atoms with Crippen LogP contribution in [0.2, 0.25) is 0 Å². The van der Waals surface area contributed by atoms with Gasteiger partial charge in [0, 0.05) is 18.5 Å². The van der Waals surface area contributed by atoms with Crippen LogP contribution in [0.15, 0.2) is 60.7 Å². The van der Waals surface area contributed by atoms with Crippen LogP contribution in [0, 0.1) is 0 Å². The molecular formula is C18H18N4O. The fraction of sp³-hybridized carbons (Fsp3) is 0.167. The Kier molecular flexibility index (Phi) is 4.79. The van der Waals surface area contributed by atoms with E-state index in [1.54, 1.807) is 0 Å². The minimum absolute atomic E-state index is 0.0130. The van der Waals surface area contributed by atoms with Gasteiger partial charge in [-0.25, -0.2) is 4.98 Å². The lowest BCUT2D eigenvalue weighted by Crippen LogP contribution is -2.27. The van der Waals surface area contributed by atoms with Crippen molar-refractivity contribution >= 4 is 5.91 Å². The molecule has 2 aromatic carbocycles. The summed E-state index contributed by atoms with van der Waals surface area (Å²) in [4.78, 5) is 16.3. The molecule has 3 aromatic rings. The van der Waals surface area contributed by atoms with E-state index in [0.29, 0.717) is 25.2 Å². The van der Waals surface area contributed by atoms with Crippen LogP contribution in [0.25, 0.3) is 11.4 Å². The maximum Gasteiger partial charge on any atom is 0.224 e. The molecule has 0 saturated heterocycles. The number of amides is 1. The van der Waals surface area contributed by atoms with Crippen molar-refractivity contribution in [3.05, 3.63) is 72.1 Å². The highest BCUT2D eigenvalue weighted by atomic mass is 16.1. The second-order valence-corrected chi connectivity index (χ2v) is 5.23. The van der Waals surface area contributed by atoms with Crippen molar-refractivity contribution in [3.63, 3.8) is 0 Å². The number of aromatic nitrogens is 3. The second kappa shape index (κ2) is 7.35. The van der Waals surface area contributed by atoms with Gasteiger partial charge in [0.1, 0.15) is 5.82 Å². The molecule has 5 nitrogen and oxygen atoms in total. The standard InChI is InChI=1S/C18H18N4O/c23-17(13-14-7-3-1-4-8-14)19-12-11-16-20-18(22-21-16)15-9-5-2-6-10-15/h1-10H,11-13H2,(H,19,23)(H,20,21,22). The minimum Gasteiger partial charge on any atom is -0.355 e. The highest BCUT2D eigenvalue weighted by molar-refractivity contribution is 5.78. The van der Waals surface area contributed by atoms with Gasteiger partial charge in [-0.2, -0.15) is 5.10 Å². The van der Waals surface area contributed by atoms with E-state index in [1.165, 1.54) is 0 Å². The van der Waals surface area contributed by atoms with Crippen molar-refractivity contribution in [2.45, 2.75) is 12.8 Å². The fourth-order valence-corrected chi connectivity index (χ4v) is 2.29. The summed E-state index contributed by atoms with van der Waals surface area (Å²) < 4.78 is 0. The molecule has 116 valence electrons. The first-order valence-corrected chi connectivity index (χ1v) is 7.58. The first-order chi connectivity index (χ1) is 11.3. The molecule has 0 aliphatic rings. The van der Waals surface area contributed by atoms with E-state index >= 15 is 0 Å². The molecule has 2 N–H and O–H groups in total. The molecule has 0 saturated carbocycles. The average molecular weight is 306 g/mol. The summed E-state index contributed by atoms with van der Waals surface area (Å²) in [6.45, 7) is 0.537. The summed E-state index contributed by atoms with van der Waals surface area (Å²) in [6, 6.07) is 19.5. The Morgan fingerprint density at radius 3 is 2.43 bits per heavy atom. The van der Waals surface area contributed by atoms with Gasteiger partial charge in [-0.15, -0.1) is 0 Å². The molecule has 0 aliphatic heterocycles. The van der Waals surface area contributed by atoms with E-state index < -0.39 is 0 Å². The molecule has 0 fully saturated rings. The zero-order valence-electron chi connectivity index (χ0n) is 12.7. The van der Waals surface area contributed by atoms with E-state index in [2.05, 4.69) is 20.5 Å². The van der Waals surface area contributed by atoms with E-state index in [-0.39, 0.29) is 5.91 Å². The number of benzene rings is 2. The van der Waals surface area contributed by atoms with E-state index in [4.69, 9.17) is 0 Å². The summed E-state index contributed by atoms with van der Waals surface area (Å²) in [5, 5.41) is 10.0. The van der Waals surface area contributed by atoms with Gasteiger partial charge in [-0.05, 0) is 5.56 Å². The van der Waals surface area contributed by atoms with Crippen LogP contribution in [0.1, 0.15) is 11.4 Å². The Labute approximate surface area is 134 Å². The van der Waals surface area contributed by atoms with Crippen molar-refractivity contribution in [2.75, 3.05) is 6.54 Å². The first kappa shape index (κ1) is 15.0. The van der Waals surface area contributed by atoms with Gasteiger partial charge >= 0.3 is 0 Å². The van der Waals surface area contributed by atoms with E-state index in [1.807, 2.05) is 60.7 Å². The summed E-state index contributed by atoms with van der Waals surface area (Å²) >= 11 is 0. The Morgan fingerprint density at radius 2 is 1.70 bits per heavy atom. The fourth-order valence-electron chi connectivity index (χ4n) is 2.29. The van der Waals surface area contributed by atoms with Gasteiger partial charge < -0.3 is 5.32 Å². The average Bonchev–Trinajstić information content (AvgIpc) is 3.05. The van der Waals surface area contributed by atoms with Crippen LogP contribution in [-0.4, -0.2) is 27.6 Å². The topological polar surface area (TPSA) is 70.7 Å². The molecule has 0 atom stereocenters. The largest absolute Gasteiger partial charge is 0.355 e. The molecule has 1 heterocycles. The molecule has 0 spiro atoms. The molecular weight excluding hydrogens is 288 g/mol. The van der Waals surface area contributed by atoms with Crippen LogP contribution in [0.4, 0.5) is 0 Å². The number of nitrogens with one attached hydrogen (secondary N) is 2. The lowest BCUT2D eigenvalue weighted by Gasteiger charge is -2.03. The third-order valence-electron chi connectivity index (χ3n) is 3.46. The summed E-state index contributed by atoms with van der Waals surface area (Å²) in [5.41, 5.74) is 1.99. The van der Waals surface area contributed by atoms with Gasteiger partial charge in [0.25, 0.3) is 0 Å². The molecule has 1 aromatic heterocycles. The Balaban J connectivity index is 1.48. The molecule has 0 unspecified atom stereocenters. The second-order valence-electron chi connectivity index (χ2n) is 5.23. The van der Waals surface area contributed by atoms with Crippen LogP contribution < -0.4 is 5.32 Å². The third-order valence-corrected chi connectivity index (χ3v) is 3.46. The lowest BCUT2D eigenvalue weighted by molar-refractivity contribution is -0.120. The van der Waals surface area contributed by atoms with E-state index in [9.17, 15) is 4.79 Å². The molecule has 3 rings (SSSR count). The Bertz CT molecular complexity index is 753. The number of hydrogen-bond donors (Lipinski definition) is 2. The zero-order chi connectivity index (χ0) is 15.9. The monoisotopic (exact) mass is 306 g/mol. The number of hydrogen-bond acceptors (Lipinski definition) is 3. The van der Waals surface area contributed by atoms with Gasteiger partial charge in [-0.1, -0.05) is 60.7 Å².